The van der Waals surface area contributed by atoms with E-state index in [0.29, 0.717) is 5.56 Å². The third kappa shape index (κ3) is 4.31. The zero-order valence-corrected chi connectivity index (χ0v) is 17.0. The first-order chi connectivity index (χ1) is 14.1. The number of benzene rings is 2. The van der Waals surface area contributed by atoms with E-state index in [1.165, 1.54) is 30.5 Å². The number of sulfonamides is 1. The molecule has 30 heavy (non-hydrogen) atoms. The second kappa shape index (κ2) is 8.08. The lowest BCUT2D eigenvalue weighted by Gasteiger charge is -2.20. The van der Waals surface area contributed by atoms with E-state index >= 15 is 0 Å². The molecule has 3 aromatic rings. The van der Waals surface area contributed by atoms with Crippen molar-refractivity contribution in [2.45, 2.75) is 24.4 Å². The van der Waals surface area contributed by atoms with Crippen LogP contribution < -0.4 is 9.88 Å². The van der Waals surface area contributed by atoms with Crippen LogP contribution in [0.3, 0.4) is 0 Å². The average Bonchev–Trinajstić information content (AvgIpc) is 2.71. The van der Waals surface area contributed by atoms with Crippen molar-refractivity contribution < 1.29 is 26.3 Å². The van der Waals surface area contributed by atoms with Crippen LogP contribution in [0.25, 0.3) is 22.3 Å². The monoisotopic (exact) mass is 436 g/mol. The number of halogens is 3. The predicted octanol–water partition coefficient (Wildman–Crippen LogP) is 4.65. The third-order valence-corrected chi connectivity index (χ3v) is 5.59. The molecule has 1 aromatic heterocycles. The Morgan fingerprint density at radius 3 is 2.03 bits per heavy atom. The quantitative estimate of drug-likeness (QED) is 0.631. The first kappa shape index (κ1) is 21.8. The van der Waals surface area contributed by atoms with E-state index in [1.807, 2.05) is 19.1 Å². The molecule has 0 saturated heterocycles. The highest BCUT2D eigenvalue weighted by molar-refractivity contribution is 7.89. The van der Waals surface area contributed by atoms with Crippen LogP contribution in [0.4, 0.5) is 13.2 Å². The van der Waals surface area contributed by atoms with Crippen LogP contribution in [0.1, 0.15) is 18.1 Å². The van der Waals surface area contributed by atoms with Crippen LogP contribution in [0.5, 0.6) is 5.88 Å². The Morgan fingerprint density at radius 1 is 1.00 bits per heavy atom. The van der Waals surface area contributed by atoms with E-state index in [1.54, 1.807) is 12.1 Å². The van der Waals surface area contributed by atoms with Crippen molar-refractivity contribution in [1.29, 1.82) is 0 Å². The summed E-state index contributed by atoms with van der Waals surface area (Å²) < 4.78 is 70.0. The highest BCUT2D eigenvalue weighted by Crippen LogP contribution is 2.46. The van der Waals surface area contributed by atoms with Gasteiger partial charge in [0, 0.05) is 17.3 Å². The Balaban J connectivity index is 2.33. The summed E-state index contributed by atoms with van der Waals surface area (Å²) in [6.45, 7) is 1.98. The molecule has 0 aliphatic carbocycles. The summed E-state index contributed by atoms with van der Waals surface area (Å²) in [4.78, 5) is 3.67. The molecular weight excluding hydrogens is 417 g/mol. The number of hydrogen-bond donors (Lipinski definition) is 1. The highest BCUT2D eigenvalue weighted by Gasteiger charge is 2.39. The van der Waals surface area contributed by atoms with Gasteiger partial charge >= 0.3 is 6.18 Å². The molecule has 0 spiro atoms. The summed E-state index contributed by atoms with van der Waals surface area (Å²) in [5.74, 6) is -0.568. The summed E-state index contributed by atoms with van der Waals surface area (Å²) in [7, 11) is -2.87. The van der Waals surface area contributed by atoms with E-state index < -0.39 is 27.6 Å². The summed E-state index contributed by atoms with van der Waals surface area (Å²) in [6.07, 6.45) is -2.65. The number of nitrogens with zero attached hydrogens (tertiary/aromatic N) is 1. The summed E-state index contributed by atoms with van der Waals surface area (Å²) in [5, 5.41) is 5.10. The number of primary sulfonamides is 1. The first-order valence-electron chi connectivity index (χ1n) is 8.93. The van der Waals surface area contributed by atoms with Gasteiger partial charge in [0.25, 0.3) is 0 Å². The van der Waals surface area contributed by atoms with Gasteiger partial charge in [-0.2, -0.15) is 13.2 Å². The number of nitrogens with two attached hydrogens (primary N) is 1. The SMILES string of the molecule is CCc1ccc(-c2cnc(OC)c(C(F)(F)F)c2-c2ccc(S(N)(=O)=O)cc2)cc1. The van der Waals surface area contributed by atoms with Crippen molar-refractivity contribution in [3.63, 3.8) is 0 Å². The molecule has 0 amide bonds. The molecule has 0 atom stereocenters. The second-order valence-corrected chi connectivity index (χ2v) is 8.11. The van der Waals surface area contributed by atoms with Gasteiger partial charge < -0.3 is 4.74 Å². The molecule has 0 bridgehead atoms. The van der Waals surface area contributed by atoms with E-state index in [4.69, 9.17) is 9.88 Å². The number of hydrogen-bond acceptors (Lipinski definition) is 4. The van der Waals surface area contributed by atoms with Crippen LogP contribution in [0, 0.1) is 0 Å². The fourth-order valence-electron chi connectivity index (χ4n) is 3.16. The molecule has 0 aliphatic rings. The Bertz CT molecular complexity index is 1160. The van der Waals surface area contributed by atoms with Crippen LogP contribution in [-0.2, 0) is 22.6 Å². The zero-order valence-electron chi connectivity index (χ0n) is 16.2. The van der Waals surface area contributed by atoms with Crippen LogP contribution in [0.2, 0.25) is 0 Å². The molecule has 1 heterocycles. The Labute approximate surface area is 172 Å². The van der Waals surface area contributed by atoms with E-state index in [2.05, 4.69) is 4.98 Å². The van der Waals surface area contributed by atoms with E-state index in [-0.39, 0.29) is 21.6 Å². The molecule has 5 nitrogen and oxygen atoms in total. The van der Waals surface area contributed by atoms with Gasteiger partial charge in [0.05, 0.1) is 12.0 Å². The number of rotatable bonds is 5. The van der Waals surface area contributed by atoms with Crippen molar-refractivity contribution in [1.82, 2.24) is 4.98 Å². The van der Waals surface area contributed by atoms with Gasteiger partial charge in [0.15, 0.2) is 0 Å². The van der Waals surface area contributed by atoms with Gasteiger partial charge in [-0.15, -0.1) is 0 Å². The maximum atomic E-state index is 14.0. The lowest BCUT2D eigenvalue weighted by Crippen LogP contribution is -2.13. The van der Waals surface area contributed by atoms with Gasteiger partial charge in [-0.1, -0.05) is 43.3 Å². The number of methoxy groups -OCH3 is 1. The molecular formula is C21H19F3N2O3S. The molecule has 0 aliphatic heterocycles. The molecule has 2 aromatic carbocycles. The maximum absolute atomic E-state index is 14.0. The standard InChI is InChI=1S/C21H19F3N2O3S/c1-3-13-4-6-14(7-5-13)17-12-26-20(29-2)19(21(22,23)24)18(17)15-8-10-16(11-9-15)30(25,27)28/h4-12H,3H2,1-2H3,(H2,25,27,28). The Hall–Kier alpha value is -2.91. The molecule has 0 unspecified atom stereocenters. The first-order valence-corrected chi connectivity index (χ1v) is 10.5. The minimum atomic E-state index is -4.76. The fraction of sp³-hybridized carbons (Fsp3) is 0.190. The average molecular weight is 436 g/mol. The lowest BCUT2D eigenvalue weighted by atomic mass is 9.91. The van der Waals surface area contributed by atoms with Gasteiger partial charge in [-0.05, 0) is 35.2 Å². The maximum Gasteiger partial charge on any atom is 0.422 e. The minimum absolute atomic E-state index is 0.153. The summed E-state index contributed by atoms with van der Waals surface area (Å²) in [5.41, 5.74) is 0.790. The van der Waals surface area contributed by atoms with Crippen molar-refractivity contribution >= 4 is 10.0 Å². The Kier molecular flexibility index (Phi) is 5.87. The zero-order chi connectivity index (χ0) is 22.1. The lowest BCUT2D eigenvalue weighted by molar-refractivity contribution is -0.138. The molecule has 0 fully saturated rings. The van der Waals surface area contributed by atoms with Gasteiger partial charge in [-0.3, -0.25) is 0 Å². The van der Waals surface area contributed by atoms with Gasteiger partial charge in [0.2, 0.25) is 15.9 Å². The minimum Gasteiger partial charge on any atom is -0.481 e. The highest BCUT2D eigenvalue weighted by atomic mass is 32.2. The number of aromatic nitrogens is 1. The molecule has 9 heteroatoms. The van der Waals surface area contributed by atoms with Crippen LogP contribution in [-0.4, -0.2) is 20.5 Å². The van der Waals surface area contributed by atoms with Gasteiger partial charge in [0.1, 0.15) is 5.56 Å². The molecule has 3 rings (SSSR count). The summed E-state index contributed by atoms with van der Waals surface area (Å²) >= 11 is 0. The van der Waals surface area contributed by atoms with Crippen LogP contribution >= 0.6 is 0 Å². The summed E-state index contributed by atoms with van der Waals surface area (Å²) in [6, 6.07) is 12.0. The van der Waals surface area contributed by atoms with Crippen molar-refractivity contribution in [2.75, 3.05) is 7.11 Å². The third-order valence-electron chi connectivity index (χ3n) is 4.67. The van der Waals surface area contributed by atoms with Crippen LogP contribution in [0.15, 0.2) is 59.6 Å². The smallest absolute Gasteiger partial charge is 0.422 e. The Morgan fingerprint density at radius 2 is 1.57 bits per heavy atom. The molecule has 0 saturated carbocycles. The molecule has 0 radical (unpaired) electrons. The number of pyridine rings is 1. The topological polar surface area (TPSA) is 82.3 Å². The van der Waals surface area contributed by atoms with E-state index in [0.717, 1.165) is 19.1 Å². The van der Waals surface area contributed by atoms with E-state index in [9.17, 15) is 21.6 Å². The second-order valence-electron chi connectivity index (χ2n) is 6.55. The predicted molar refractivity (Wildman–Crippen MR) is 107 cm³/mol. The largest absolute Gasteiger partial charge is 0.481 e. The number of ether oxygens (including phenoxy) is 1. The van der Waals surface area contributed by atoms with Crippen molar-refractivity contribution in [2.24, 2.45) is 5.14 Å². The number of alkyl halides is 3. The molecule has 2 N–H and O–H groups in total. The number of aryl methyl sites for hydroxylation is 1. The van der Waals surface area contributed by atoms with Crippen molar-refractivity contribution in [3.8, 4) is 28.1 Å². The fourth-order valence-corrected chi connectivity index (χ4v) is 3.68. The normalized spacial score (nSPS) is 12.1. The van der Waals surface area contributed by atoms with Crippen molar-refractivity contribution in [3.05, 3.63) is 65.9 Å². The van der Waals surface area contributed by atoms with Gasteiger partial charge in [-0.25, -0.2) is 18.5 Å². The molecule has 158 valence electrons.